The van der Waals surface area contributed by atoms with Crippen molar-refractivity contribution in [1.29, 1.82) is 0 Å². The summed E-state index contributed by atoms with van der Waals surface area (Å²) in [7, 11) is 1.62. The fourth-order valence-electron chi connectivity index (χ4n) is 4.57. The van der Waals surface area contributed by atoms with Crippen molar-refractivity contribution in [2.24, 2.45) is 0 Å². The maximum absolute atomic E-state index is 13.4. The molecule has 1 aliphatic carbocycles. The summed E-state index contributed by atoms with van der Waals surface area (Å²) in [6.45, 7) is 2.32. The molecule has 2 aromatic carbocycles. The Morgan fingerprint density at radius 2 is 2.00 bits per heavy atom. The number of methoxy groups -OCH3 is 1. The molecule has 1 heterocycles. The van der Waals surface area contributed by atoms with E-state index >= 15 is 0 Å². The second-order valence-electron chi connectivity index (χ2n) is 7.63. The largest absolute Gasteiger partial charge is 0.497 e. The summed E-state index contributed by atoms with van der Waals surface area (Å²) >= 11 is 0. The topological polar surface area (TPSA) is 52.9 Å². The predicted octanol–water partition coefficient (Wildman–Crippen LogP) is 3.18. The summed E-state index contributed by atoms with van der Waals surface area (Å²) in [6, 6.07) is 12.4. The zero-order chi connectivity index (χ0) is 19.7. The standard InChI is InChI=1S/C23H26FNO3/c1-28-19-6-7-20-21(16-2-4-18(24)5-3-16)15-23(27,22(20)14-19)17-8-10-25(11-9-17)12-13-26/h2-8,14,21,26-27H,9-13,15H2,1H3. The third-order valence-corrected chi connectivity index (χ3v) is 6.09. The molecule has 0 bridgehead atoms. The first-order chi connectivity index (χ1) is 13.5. The van der Waals surface area contributed by atoms with E-state index in [4.69, 9.17) is 9.84 Å². The minimum Gasteiger partial charge on any atom is -0.497 e. The molecule has 2 aliphatic rings. The van der Waals surface area contributed by atoms with Gasteiger partial charge in [0.2, 0.25) is 0 Å². The highest BCUT2D eigenvalue weighted by atomic mass is 19.1. The number of aliphatic hydroxyl groups is 2. The number of nitrogens with zero attached hydrogens (tertiary/aromatic N) is 1. The molecule has 2 unspecified atom stereocenters. The Labute approximate surface area is 164 Å². The van der Waals surface area contributed by atoms with Gasteiger partial charge < -0.3 is 14.9 Å². The van der Waals surface area contributed by atoms with Crippen molar-refractivity contribution in [3.8, 4) is 5.75 Å². The van der Waals surface area contributed by atoms with Crippen molar-refractivity contribution < 1.29 is 19.3 Å². The van der Waals surface area contributed by atoms with E-state index in [0.717, 1.165) is 47.5 Å². The number of halogens is 1. The number of hydrogen-bond acceptors (Lipinski definition) is 4. The van der Waals surface area contributed by atoms with E-state index in [9.17, 15) is 9.50 Å². The van der Waals surface area contributed by atoms with Gasteiger partial charge in [-0.3, -0.25) is 4.90 Å². The fourth-order valence-corrected chi connectivity index (χ4v) is 4.57. The molecule has 2 N–H and O–H groups in total. The predicted molar refractivity (Wildman–Crippen MR) is 106 cm³/mol. The number of aliphatic hydroxyl groups excluding tert-OH is 1. The summed E-state index contributed by atoms with van der Waals surface area (Å²) in [5, 5.41) is 21.0. The monoisotopic (exact) mass is 383 g/mol. The lowest BCUT2D eigenvalue weighted by Gasteiger charge is -2.34. The number of fused-ring (bicyclic) bond motifs is 1. The van der Waals surface area contributed by atoms with Crippen LogP contribution in [0.3, 0.4) is 0 Å². The van der Waals surface area contributed by atoms with Crippen molar-refractivity contribution in [2.75, 3.05) is 33.4 Å². The Kier molecular flexibility index (Phi) is 5.23. The maximum atomic E-state index is 13.4. The number of hydrogen-bond donors (Lipinski definition) is 2. The Morgan fingerprint density at radius 3 is 2.64 bits per heavy atom. The second-order valence-corrected chi connectivity index (χ2v) is 7.63. The highest BCUT2D eigenvalue weighted by molar-refractivity contribution is 5.53. The van der Waals surface area contributed by atoms with Gasteiger partial charge in [-0.2, -0.15) is 0 Å². The van der Waals surface area contributed by atoms with E-state index in [-0.39, 0.29) is 18.3 Å². The molecule has 0 saturated carbocycles. The molecule has 0 fully saturated rings. The Balaban J connectivity index is 1.73. The van der Waals surface area contributed by atoms with E-state index in [1.54, 1.807) is 19.2 Å². The first-order valence-electron chi connectivity index (χ1n) is 9.74. The fraction of sp³-hybridized carbons (Fsp3) is 0.391. The van der Waals surface area contributed by atoms with Gasteiger partial charge in [0.1, 0.15) is 17.2 Å². The first kappa shape index (κ1) is 19.1. The highest BCUT2D eigenvalue weighted by Crippen LogP contribution is 2.52. The summed E-state index contributed by atoms with van der Waals surface area (Å²) in [4.78, 5) is 2.17. The lowest BCUT2D eigenvalue weighted by atomic mass is 9.83. The molecule has 2 aromatic rings. The first-order valence-corrected chi connectivity index (χ1v) is 9.74. The van der Waals surface area contributed by atoms with Gasteiger partial charge in [0.25, 0.3) is 0 Å². The lowest BCUT2D eigenvalue weighted by molar-refractivity contribution is 0.0652. The Bertz CT molecular complexity index is 880. The van der Waals surface area contributed by atoms with Crippen molar-refractivity contribution in [1.82, 2.24) is 4.90 Å². The van der Waals surface area contributed by atoms with Gasteiger partial charge in [-0.05, 0) is 59.4 Å². The third-order valence-electron chi connectivity index (χ3n) is 6.09. The average Bonchev–Trinajstić information content (AvgIpc) is 3.02. The van der Waals surface area contributed by atoms with Crippen molar-refractivity contribution in [2.45, 2.75) is 24.4 Å². The molecule has 4 rings (SSSR count). The van der Waals surface area contributed by atoms with Crippen molar-refractivity contribution in [3.63, 3.8) is 0 Å². The van der Waals surface area contributed by atoms with E-state index in [1.165, 1.54) is 12.1 Å². The molecular weight excluding hydrogens is 357 g/mol. The van der Waals surface area contributed by atoms with Gasteiger partial charge in [0.15, 0.2) is 0 Å². The molecule has 4 nitrogen and oxygen atoms in total. The van der Waals surface area contributed by atoms with Crippen LogP contribution in [-0.2, 0) is 5.60 Å². The highest BCUT2D eigenvalue weighted by Gasteiger charge is 2.46. The minimum atomic E-state index is -1.06. The molecular formula is C23H26FNO3. The van der Waals surface area contributed by atoms with Gasteiger partial charge in [-0.25, -0.2) is 4.39 Å². The van der Waals surface area contributed by atoms with Gasteiger partial charge >= 0.3 is 0 Å². The van der Waals surface area contributed by atoms with Crippen LogP contribution >= 0.6 is 0 Å². The van der Waals surface area contributed by atoms with Gasteiger partial charge in [0.05, 0.1) is 13.7 Å². The molecule has 0 spiro atoms. The Morgan fingerprint density at radius 1 is 1.21 bits per heavy atom. The zero-order valence-corrected chi connectivity index (χ0v) is 16.1. The van der Waals surface area contributed by atoms with Crippen molar-refractivity contribution >= 4 is 0 Å². The smallest absolute Gasteiger partial charge is 0.123 e. The number of rotatable bonds is 5. The summed E-state index contributed by atoms with van der Waals surface area (Å²) in [5.74, 6) is 0.462. The molecule has 5 heteroatoms. The third kappa shape index (κ3) is 3.34. The van der Waals surface area contributed by atoms with Gasteiger partial charge in [-0.1, -0.05) is 24.3 Å². The van der Waals surface area contributed by atoms with E-state index < -0.39 is 5.60 Å². The molecule has 28 heavy (non-hydrogen) atoms. The lowest BCUT2D eigenvalue weighted by Crippen LogP contribution is -2.36. The van der Waals surface area contributed by atoms with Crippen LogP contribution in [0.4, 0.5) is 4.39 Å². The van der Waals surface area contributed by atoms with Crippen LogP contribution in [0.25, 0.3) is 0 Å². The molecule has 2 atom stereocenters. The zero-order valence-electron chi connectivity index (χ0n) is 16.1. The van der Waals surface area contributed by atoms with Gasteiger partial charge in [-0.15, -0.1) is 0 Å². The summed E-state index contributed by atoms with van der Waals surface area (Å²) in [5.41, 5.74) is 2.90. The molecule has 0 saturated heterocycles. The molecule has 0 radical (unpaired) electrons. The molecule has 0 amide bonds. The van der Waals surface area contributed by atoms with Crippen molar-refractivity contribution in [3.05, 3.63) is 76.6 Å². The van der Waals surface area contributed by atoms with E-state index in [0.29, 0.717) is 13.0 Å². The van der Waals surface area contributed by atoms with E-state index in [1.807, 2.05) is 18.2 Å². The van der Waals surface area contributed by atoms with Crippen LogP contribution < -0.4 is 4.74 Å². The number of ether oxygens (including phenoxy) is 1. The van der Waals surface area contributed by atoms with Crippen LogP contribution in [0.5, 0.6) is 5.75 Å². The second kappa shape index (κ2) is 7.66. The number of β-amino-alcohol motifs (C(OH)–C–C–N with tert-alkyl or cyclic N) is 1. The normalized spacial score (nSPS) is 24.7. The molecule has 148 valence electrons. The van der Waals surface area contributed by atoms with Gasteiger partial charge in [0, 0.05) is 25.6 Å². The quantitative estimate of drug-likeness (QED) is 0.779. The summed E-state index contributed by atoms with van der Waals surface area (Å²) < 4.78 is 18.8. The van der Waals surface area contributed by atoms with Crippen LogP contribution in [0.2, 0.25) is 0 Å². The van der Waals surface area contributed by atoms with Crippen LogP contribution in [0.15, 0.2) is 54.1 Å². The molecule has 1 aliphatic heterocycles. The number of benzene rings is 2. The minimum absolute atomic E-state index is 0.00266. The van der Waals surface area contributed by atoms with Crippen LogP contribution in [0.1, 0.15) is 35.4 Å². The maximum Gasteiger partial charge on any atom is 0.123 e. The summed E-state index contributed by atoms with van der Waals surface area (Å²) in [6.07, 6.45) is 3.38. The Hall–Kier alpha value is -2.21. The molecule has 0 aromatic heterocycles. The average molecular weight is 383 g/mol. The SMILES string of the molecule is COc1ccc2c(c1)C(O)(C1=CCN(CCO)CC1)CC2c1ccc(F)cc1. The van der Waals surface area contributed by atoms with E-state index in [2.05, 4.69) is 11.0 Å². The van der Waals surface area contributed by atoms with Crippen LogP contribution in [0, 0.1) is 5.82 Å². The van der Waals surface area contributed by atoms with Crippen LogP contribution in [-0.4, -0.2) is 48.5 Å².